The van der Waals surface area contributed by atoms with E-state index in [0.717, 1.165) is 35.8 Å². The van der Waals surface area contributed by atoms with E-state index in [1.807, 2.05) is 42.5 Å². The minimum atomic E-state index is -3.35. The number of carbonyl (C=O) groups excluding carboxylic acids is 1. The predicted octanol–water partition coefficient (Wildman–Crippen LogP) is 3.03. The lowest BCUT2D eigenvalue weighted by Crippen LogP contribution is -2.22. The smallest absolute Gasteiger partial charge is 0.268 e. The van der Waals surface area contributed by atoms with Crippen molar-refractivity contribution in [1.29, 1.82) is 0 Å². The van der Waals surface area contributed by atoms with Crippen molar-refractivity contribution in [2.75, 3.05) is 6.26 Å². The van der Waals surface area contributed by atoms with Gasteiger partial charge >= 0.3 is 0 Å². The van der Waals surface area contributed by atoms with Crippen molar-refractivity contribution in [3.63, 3.8) is 0 Å². The van der Waals surface area contributed by atoms with Gasteiger partial charge in [-0.05, 0) is 53.6 Å². The van der Waals surface area contributed by atoms with Gasteiger partial charge in [0.25, 0.3) is 5.91 Å². The SMILES string of the molecule is CS(=O)(=O)NCc1cc2nn(-c3ccc(OCc4ccccc4)nc3)c(C(N)=O)c2cc1C1CC1. The van der Waals surface area contributed by atoms with Crippen molar-refractivity contribution in [3.8, 4) is 11.6 Å². The molecule has 35 heavy (non-hydrogen) atoms. The highest BCUT2D eigenvalue weighted by Crippen LogP contribution is 2.43. The minimum Gasteiger partial charge on any atom is -0.473 e. The Labute approximate surface area is 203 Å². The molecule has 5 rings (SSSR count). The van der Waals surface area contributed by atoms with Crippen LogP contribution in [-0.2, 0) is 23.2 Å². The molecule has 2 aromatic heterocycles. The molecule has 0 radical (unpaired) electrons. The third-order valence-corrected chi connectivity index (χ3v) is 6.57. The standard InChI is InChI=1S/C25H25N5O4S/c1-35(32,33)28-13-18-11-22-21(12-20(18)17-7-8-17)24(25(26)31)30(29-22)19-9-10-23(27-14-19)34-15-16-5-3-2-4-6-16/h2-6,9-12,14,17,28H,7-8,13,15H2,1H3,(H2,26,31). The Morgan fingerprint density at radius 3 is 2.57 bits per heavy atom. The second-order valence-corrected chi connectivity index (χ2v) is 10.5. The number of ether oxygens (including phenoxy) is 1. The fourth-order valence-electron chi connectivity index (χ4n) is 4.07. The first-order valence-electron chi connectivity index (χ1n) is 11.2. The largest absolute Gasteiger partial charge is 0.473 e. The molecule has 0 atom stereocenters. The lowest BCUT2D eigenvalue weighted by Gasteiger charge is -2.10. The van der Waals surface area contributed by atoms with Crippen molar-refractivity contribution >= 4 is 26.8 Å². The molecule has 1 fully saturated rings. The summed E-state index contributed by atoms with van der Waals surface area (Å²) in [6.45, 7) is 0.550. The molecule has 0 aliphatic heterocycles. The maximum Gasteiger partial charge on any atom is 0.268 e. The molecule has 0 unspecified atom stereocenters. The topological polar surface area (TPSA) is 129 Å². The summed E-state index contributed by atoms with van der Waals surface area (Å²) < 4.78 is 33.1. The Morgan fingerprint density at radius 1 is 1.17 bits per heavy atom. The van der Waals surface area contributed by atoms with E-state index in [1.165, 1.54) is 4.68 Å². The van der Waals surface area contributed by atoms with Gasteiger partial charge in [-0.25, -0.2) is 22.8 Å². The highest BCUT2D eigenvalue weighted by molar-refractivity contribution is 7.88. The summed E-state index contributed by atoms with van der Waals surface area (Å²) in [6, 6.07) is 17.0. The lowest BCUT2D eigenvalue weighted by molar-refractivity contribution is 0.0994. The zero-order chi connectivity index (χ0) is 24.6. The number of sulfonamides is 1. The van der Waals surface area contributed by atoms with Crippen LogP contribution in [0.4, 0.5) is 0 Å². The van der Waals surface area contributed by atoms with Crippen molar-refractivity contribution in [1.82, 2.24) is 19.5 Å². The molecule has 4 aromatic rings. The molecule has 0 bridgehead atoms. The van der Waals surface area contributed by atoms with E-state index in [2.05, 4.69) is 14.8 Å². The third kappa shape index (κ3) is 5.18. The Bertz CT molecular complexity index is 1490. The van der Waals surface area contributed by atoms with Gasteiger partial charge in [-0.1, -0.05) is 30.3 Å². The number of primary amides is 1. The maximum absolute atomic E-state index is 12.5. The number of hydrogen-bond acceptors (Lipinski definition) is 6. The average Bonchev–Trinajstić information content (AvgIpc) is 3.61. The Kier molecular flexibility index (Phi) is 6.00. The fourth-order valence-corrected chi connectivity index (χ4v) is 4.49. The monoisotopic (exact) mass is 491 g/mol. The van der Waals surface area contributed by atoms with Gasteiger partial charge in [-0.3, -0.25) is 4.79 Å². The van der Waals surface area contributed by atoms with Crippen LogP contribution in [0.2, 0.25) is 0 Å². The molecular weight excluding hydrogens is 466 g/mol. The number of nitrogens with zero attached hydrogens (tertiary/aromatic N) is 3. The van der Waals surface area contributed by atoms with Crippen LogP contribution in [0, 0.1) is 0 Å². The number of aromatic nitrogens is 3. The summed E-state index contributed by atoms with van der Waals surface area (Å²) in [7, 11) is -3.35. The number of pyridine rings is 1. The van der Waals surface area contributed by atoms with Crippen LogP contribution in [-0.4, -0.2) is 35.3 Å². The molecule has 1 aliphatic carbocycles. The molecule has 1 amide bonds. The summed E-state index contributed by atoms with van der Waals surface area (Å²) in [5.41, 5.74) is 10.0. The molecule has 9 nitrogen and oxygen atoms in total. The molecule has 3 N–H and O–H groups in total. The second kappa shape index (κ2) is 9.12. The fraction of sp³-hybridized carbons (Fsp3) is 0.240. The van der Waals surface area contributed by atoms with Gasteiger partial charge in [0.05, 0.1) is 23.7 Å². The second-order valence-electron chi connectivity index (χ2n) is 8.69. The number of amides is 1. The zero-order valence-electron chi connectivity index (χ0n) is 19.1. The summed E-state index contributed by atoms with van der Waals surface area (Å²) in [6.07, 6.45) is 4.74. The van der Waals surface area contributed by atoms with Crippen molar-refractivity contribution in [2.24, 2.45) is 5.73 Å². The van der Waals surface area contributed by atoms with E-state index in [9.17, 15) is 13.2 Å². The van der Waals surface area contributed by atoms with E-state index in [-0.39, 0.29) is 12.2 Å². The number of nitrogens with one attached hydrogen (secondary N) is 1. The number of hydrogen-bond donors (Lipinski definition) is 2. The molecule has 0 saturated heterocycles. The van der Waals surface area contributed by atoms with Crippen LogP contribution in [0.3, 0.4) is 0 Å². The van der Waals surface area contributed by atoms with Crippen LogP contribution in [0.1, 0.15) is 45.9 Å². The van der Waals surface area contributed by atoms with Crippen molar-refractivity contribution < 1.29 is 17.9 Å². The van der Waals surface area contributed by atoms with E-state index < -0.39 is 15.9 Å². The van der Waals surface area contributed by atoms with Gasteiger partial charge in [-0.2, -0.15) is 5.10 Å². The van der Waals surface area contributed by atoms with Gasteiger partial charge in [0.15, 0.2) is 0 Å². The van der Waals surface area contributed by atoms with Crippen LogP contribution < -0.4 is 15.2 Å². The average molecular weight is 492 g/mol. The third-order valence-electron chi connectivity index (χ3n) is 5.90. The van der Waals surface area contributed by atoms with Gasteiger partial charge in [0.2, 0.25) is 15.9 Å². The molecule has 10 heteroatoms. The van der Waals surface area contributed by atoms with Crippen LogP contribution in [0.25, 0.3) is 16.6 Å². The summed E-state index contributed by atoms with van der Waals surface area (Å²) in [5.74, 6) is 0.170. The van der Waals surface area contributed by atoms with Crippen LogP contribution in [0.15, 0.2) is 60.8 Å². The van der Waals surface area contributed by atoms with E-state index in [0.29, 0.717) is 35.0 Å². The molecule has 1 aliphatic rings. The lowest BCUT2D eigenvalue weighted by atomic mass is 10.00. The van der Waals surface area contributed by atoms with E-state index >= 15 is 0 Å². The first-order valence-corrected chi connectivity index (χ1v) is 13.1. The maximum atomic E-state index is 12.5. The summed E-state index contributed by atoms with van der Waals surface area (Å²) in [4.78, 5) is 16.8. The minimum absolute atomic E-state index is 0.161. The predicted molar refractivity (Wildman–Crippen MR) is 132 cm³/mol. The highest BCUT2D eigenvalue weighted by Gasteiger charge is 2.28. The normalized spacial score (nSPS) is 13.7. The molecule has 180 valence electrons. The van der Waals surface area contributed by atoms with Crippen molar-refractivity contribution in [3.05, 3.63) is 83.2 Å². The Hall–Kier alpha value is -3.76. The van der Waals surface area contributed by atoms with Crippen LogP contribution >= 0.6 is 0 Å². The first-order chi connectivity index (χ1) is 16.8. The zero-order valence-corrected chi connectivity index (χ0v) is 20.0. The van der Waals surface area contributed by atoms with Gasteiger partial charge < -0.3 is 10.5 Å². The molecule has 2 aromatic carbocycles. The quantitative estimate of drug-likeness (QED) is 0.370. The van der Waals surface area contributed by atoms with Crippen LogP contribution in [0.5, 0.6) is 5.88 Å². The van der Waals surface area contributed by atoms with E-state index in [1.54, 1.807) is 18.3 Å². The van der Waals surface area contributed by atoms with Gasteiger partial charge in [-0.15, -0.1) is 0 Å². The number of benzene rings is 2. The van der Waals surface area contributed by atoms with E-state index in [4.69, 9.17) is 10.5 Å². The Morgan fingerprint density at radius 2 is 1.94 bits per heavy atom. The van der Waals surface area contributed by atoms with Gasteiger partial charge in [0.1, 0.15) is 12.3 Å². The Balaban J connectivity index is 1.48. The number of nitrogens with two attached hydrogens (primary N) is 1. The molecular formula is C25H25N5O4S. The number of fused-ring (bicyclic) bond motifs is 1. The summed E-state index contributed by atoms with van der Waals surface area (Å²) in [5, 5.41) is 5.24. The molecule has 1 saturated carbocycles. The van der Waals surface area contributed by atoms with Crippen molar-refractivity contribution in [2.45, 2.75) is 31.9 Å². The summed E-state index contributed by atoms with van der Waals surface area (Å²) >= 11 is 0. The number of carbonyl (C=O) groups is 1. The highest BCUT2D eigenvalue weighted by atomic mass is 32.2. The molecule has 0 spiro atoms. The first kappa shape index (κ1) is 23.0. The number of rotatable bonds is 9. The molecule has 2 heterocycles. The van der Waals surface area contributed by atoms with Gasteiger partial charge in [0, 0.05) is 18.0 Å².